The van der Waals surface area contributed by atoms with Gasteiger partial charge in [0.05, 0.1) is 5.60 Å². The second-order valence-corrected chi connectivity index (χ2v) is 5.04. The monoisotopic (exact) mass is 250 g/mol. The fourth-order valence-electron chi connectivity index (χ4n) is 1.65. The third kappa shape index (κ3) is 4.79. The molecule has 0 bridgehead atoms. The van der Waals surface area contributed by atoms with Gasteiger partial charge in [0.2, 0.25) is 0 Å². The number of hydrogen-bond acceptors (Lipinski definition) is 5. The SMILES string of the molecule is COC(C)(C)C/C(C)=N\Nc1cc(C)nc(C)n1. The zero-order valence-corrected chi connectivity index (χ0v) is 12.0. The number of nitrogens with zero attached hydrogens (tertiary/aromatic N) is 3. The Morgan fingerprint density at radius 2 is 2.06 bits per heavy atom. The molecule has 1 heterocycles. The molecule has 0 aliphatic rings. The van der Waals surface area contributed by atoms with Gasteiger partial charge in [-0.05, 0) is 34.6 Å². The summed E-state index contributed by atoms with van der Waals surface area (Å²) in [7, 11) is 1.71. The molecular formula is C13H22N4O. The van der Waals surface area contributed by atoms with Gasteiger partial charge in [-0.3, -0.25) is 5.43 Å². The molecule has 0 aliphatic heterocycles. The van der Waals surface area contributed by atoms with Crippen molar-refractivity contribution >= 4 is 11.5 Å². The van der Waals surface area contributed by atoms with E-state index in [9.17, 15) is 0 Å². The summed E-state index contributed by atoms with van der Waals surface area (Å²) >= 11 is 0. The largest absolute Gasteiger partial charge is 0.378 e. The van der Waals surface area contributed by atoms with Gasteiger partial charge in [-0.2, -0.15) is 5.10 Å². The second kappa shape index (κ2) is 5.91. The van der Waals surface area contributed by atoms with Crippen LogP contribution in [0.3, 0.4) is 0 Å². The Hall–Kier alpha value is -1.49. The van der Waals surface area contributed by atoms with Gasteiger partial charge in [0.1, 0.15) is 11.6 Å². The lowest BCUT2D eigenvalue weighted by molar-refractivity contribution is 0.0291. The van der Waals surface area contributed by atoms with E-state index in [4.69, 9.17) is 4.74 Å². The van der Waals surface area contributed by atoms with Gasteiger partial charge in [0, 0.05) is 31.0 Å². The van der Waals surface area contributed by atoms with Crippen LogP contribution in [0.5, 0.6) is 0 Å². The lowest BCUT2D eigenvalue weighted by Crippen LogP contribution is -2.25. The summed E-state index contributed by atoms with van der Waals surface area (Å²) in [6.45, 7) is 9.83. The normalized spacial score (nSPS) is 12.7. The van der Waals surface area contributed by atoms with Crippen LogP contribution in [-0.4, -0.2) is 28.4 Å². The molecule has 1 aromatic rings. The zero-order valence-electron chi connectivity index (χ0n) is 12.0. The summed E-state index contributed by atoms with van der Waals surface area (Å²) < 4.78 is 5.36. The fourth-order valence-corrected chi connectivity index (χ4v) is 1.65. The third-order valence-corrected chi connectivity index (χ3v) is 2.56. The van der Waals surface area contributed by atoms with E-state index in [0.29, 0.717) is 0 Å². The van der Waals surface area contributed by atoms with E-state index in [1.807, 2.05) is 40.7 Å². The first-order valence-corrected chi connectivity index (χ1v) is 5.99. The minimum absolute atomic E-state index is 0.202. The number of methoxy groups -OCH3 is 1. The first-order chi connectivity index (χ1) is 8.32. The number of ether oxygens (including phenoxy) is 1. The molecule has 0 fully saturated rings. The van der Waals surface area contributed by atoms with Crippen molar-refractivity contribution < 1.29 is 4.74 Å². The molecule has 0 unspecified atom stereocenters. The Kier molecular flexibility index (Phi) is 4.78. The maximum atomic E-state index is 5.36. The summed E-state index contributed by atoms with van der Waals surface area (Å²) in [4.78, 5) is 8.48. The zero-order chi connectivity index (χ0) is 13.8. The average Bonchev–Trinajstić information content (AvgIpc) is 2.24. The van der Waals surface area contributed by atoms with Crippen molar-refractivity contribution in [3.63, 3.8) is 0 Å². The van der Waals surface area contributed by atoms with Gasteiger partial charge in [0.15, 0.2) is 0 Å². The van der Waals surface area contributed by atoms with Crippen LogP contribution in [0, 0.1) is 13.8 Å². The molecule has 0 saturated carbocycles. The molecule has 1 rings (SSSR count). The lowest BCUT2D eigenvalue weighted by atomic mass is 10.0. The van der Waals surface area contributed by atoms with Gasteiger partial charge in [-0.1, -0.05) is 0 Å². The number of anilines is 1. The molecule has 0 aliphatic carbocycles. The Morgan fingerprint density at radius 3 is 2.61 bits per heavy atom. The molecule has 1 aromatic heterocycles. The minimum Gasteiger partial charge on any atom is -0.378 e. The minimum atomic E-state index is -0.202. The Balaban J connectivity index is 2.68. The summed E-state index contributed by atoms with van der Waals surface area (Å²) in [5.41, 5.74) is 4.65. The van der Waals surface area contributed by atoms with Gasteiger partial charge in [0.25, 0.3) is 0 Å². The molecule has 0 amide bonds. The first-order valence-electron chi connectivity index (χ1n) is 5.99. The lowest BCUT2D eigenvalue weighted by Gasteiger charge is -2.22. The van der Waals surface area contributed by atoms with E-state index in [1.54, 1.807) is 7.11 Å². The molecular weight excluding hydrogens is 228 g/mol. The molecule has 5 heteroatoms. The van der Waals surface area contributed by atoms with E-state index >= 15 is 0 Å². The van der Waals surface area contributed by atoms with Gasteiger partial charge >= 0.3 is 0 Å². The van der Waals surface area contributed by atoms with Crippen LogP contribution >= 0.6 is 0 Å². The molecule has 0 spiro atoms. The molecule has 0 aromatic carbocycles. The van der Waals surface area contributed by atoms with E-state index in [2.05, 4.69) is 20.5 Å². The molecule has 1 N–H and O–H groups in total. The van der Waals surface area contributed by atoms with Crippen molar-refractivity contribution in [3.05, 3.63) is 17.6 Å². The van der Waals surface area contributed by atoms with E-state index in [0.717, 1.165) is 29.5 Å². The van der Waals surface area contributed by atoms with Crippen LogP contribution in [-0.2, 0) is 4.74 Å². The van der Waals surface area contributed by atoms with Crippen molar-refractivity contribution in [3.8, 4) is 0 Å². The van der Waals surface area contributed by atoms with E-state index in [-0.39, 0.29) is 5.60 Å². The molecule has 5 nitrogen and oxygen atoms in total. The van der Waals surface area contributed by atoms with Crippen molar-refractivity contribution in [2.45, 2.75) is 46.6 Å². The van der Waals surface area contributed by atoms with Crippen LogP contribution in [0.4, 0.5) is 5.82 Å². The van der Waals surface area contributed by atoms with E-state index < -0.39 is 0 Å². The molecule has 0 saturated heterocycles. The highest BCUT2D eigenvalue weighted by atomic mass is 16.5. The predicted octanol–water partition coefficient (Wildman–Crippen LogP) is 2.70. The number of hydrazone groups is 1. The molecule has 0 radical (unpaired) electrons. The Labute approximate surface area is 109 Å². The highest BCUT2D eigenvalue weighted by molar-refractivity contribution is 5.83. The molecule has 18 heavy (non-hydrogen) atoms. The smallest absolute Gasteiger partial charge is 0.150 e. The Bertz CT molecular complexity index is 420. The van der Waals surface area contributed by atoms with Crippen LogP contribution in [0.2, 0.25) is 0 Å². The quantitative estimate of drug-likeness (QED) is 0.644. The average molecular weight is 250 g/mol. The number of aryl methyl sites for hydroxylation is 2. The predicted molar refractivity (Wildman–Crippen MR) is 73.9 cm³/mol. The van der Waals surface area contributed by atoms with Gasteiger partial charge in [-0.15, -0.1) is 0 Å². The third-order valence-electron chi connectivity index (χ3n) is 2.56. The number of aromatic nitrogens is 2. The van der Waals surface area contributed by atoms with Crippen LogP contribution in [0.15, 0.2) is 11.2 Å². The van der Waals surface area contributed by atoms with Gasteiger partial charge < -0.3 is 4.74 Å². The highest BCUT2D eigenvalue weighted by Gasteiger charge is 2.17. The van der Waals surface area contributed by atoms with Crippen molar-refractivity contribution in [2.75, 3.05) is 12.5 Å². The van der Waals surface area contributed by atoms with Crippen LogP contribution < -0.4 is 5.43 Å². The Morgan fingerprint density at radius 1 is 1.39 bits per heavy atom. The topological polar surface area (TPSA) is 59.4 Å². The standard InChI is InChI=1S/C13H22N4O/c1-9-7-12(15-11(3)14-9)17-16-10(2)8-13(4,5)18-6/h7H,8H2,1-6H3,(H,14,15,17)/b16-10-. The second-order valence-electron chi connectivity index (χ2n) is 5.04. The number of hydrogen-bond donors (Lipinski definition) is 1. The van der Waals surface area contributed by atoms with Crippen LogP contribution in [0.25, 0.3) is 0 Å². The van der Waals surface area contributed by atoms with Crippen molar-refractivity contribution in [1.29, 1.82) is 0 Å². The van der Waals surface area contributed by atoms with E-state index in [1.165, 1.54) is 0 Å². The maximum Gasteiger partial charge on any atom is 0.150 e. The van der Waals surface area contributed by atoms with Crippen molar-refractivity contribution in [2.24, 2.45) is 5.10 Å². The summed E-state index contributed by atoms with van der Waals surface area (Å²) in [5, 5.41) is 4.31. The summed E-state index contributed by atoms with van der Waals surface area (Å²) in [6, 6.07) is 1.87. The molecule has 100 valence electrons. The fraction of sp³-hybridized carbons (Fsp3) is 0.615. The van der Waals surface area contributed by atoms with Gasteiger partial charge in [-0.25, -0.2) is 9.97 Å². The molecule has 0 atom stereocenters. The maximum absolute atomic E-state index is 5.36. The van der Waals surface area contributed by atoms with Crippen molar-refractivity contribution in [1.82, 2.24) is 9.97 Å². The first kappa shape index (κ1) is 14.6. The summed E-state index contributed by atoms with van der Waals surface area (Å²) in [6.07, 6.45) is 0.763. The number of rotatable bonds is 5. The number of nitrogens with one attached hydrogen (secondary N) is 1. The van der Waals surface area contributed by atoms with Crippen LogP contribution in [0.1, 0.15) is 38.7 Å². The highest BCUT2D eigenvalue weighted by Crippen LogP contribution is 2.14. The summed E-state index contributed by atoms with van der Waals surface area (Å²) in [5.74, 6) is 1.46.